The van der Waals surface area contributed by atoms with Crippen LogP contribution in [-0.2, 0) is 0 Å². The molecule has 15 heavy (non-hydrogen) atoms. The molecular weight excluding hydrogens is 226 g/mol. The molecule has 1 rings (SSSR count). The van der Waals surface area contributed by atoms with Crippen molar-refractivity contribution >= 4 is 5.69 Å². The number of pyridine rings is 1. The number of halogens is 1. The molecule has 0 unspecified atom stereocenters. The Balaban J connectivity index is 0.000000336. The van der Waals surface area contributed by atoms with Gasteiger partial charge >= 0.3 is 0 Å². The molecule has 0 atom stereocenters. The van der Waals surface area contributed by atoms with Crippen LogP contribution in [0.5, 0.6) is 0 Å². The van der Waals surface area contributed by atoms with Crippen LogP contribution in [0.15, 0.2) is 24.5 Å². The number of anilines is 1. The Kier molecular flexibility index (Phi) is 5.26. The molecule has 0 aliphatic rings. The number of hydrogen-bond donors (Lipinski definition) is 1. The summed E-state index contributed by atoms with van der Waals surface area (Å²) in [6.07, 6.45) is 3.63. The fourth-order valence-electron chi connectivity index (χ4n) is 0.728. The third-order valence-electron chi connectivity index (χ3n) is 1.35. The second kappa shape index (κ2) is 5.69. The first-order valence-corrected chi connectivity index (χ1v) is 4.99. The van der Waals surface area contributed by atoms with E-state index >= 15 is 0 Å². The van der Waals surface area contributed by atoms with Crippen molar-refractivity contribution in [2.24, 2.45) is 0 Å². The van der Waals surface area contributed by atoms with Gasteiger partial charge < -0.3 is 4.90 Å². The summed E-state index contributed by atoms with van der Waals surface area (Å²) in [6.45, 7) is 0. The van der Waals surface area contributed by atoms with Gasteiger partial charge in [-0.15, -0.1) is 10.2 Å². The molecule has 0 bridgehead atoms. The molecule has 0 aliphatic heterocycles. The van der Waals surface area contributed by atoms with Crippen LogP contribution in [0.4, 0.5) is 5.69 Å². The van der Waals surface area contributed by atoms with E-state index in [1.54, 1.807) is 0 Å². The monoisotopic (exact) mass is 237 g/mol. The van der Waals surface area contributed by atoms with E-state index < -0.39 is 10.2 Å². The first-order valence-electron chi connectivity index (χ1n) is 3.75. The van der Waals surface area contributed by atoms with E-state index in [1.807, 2.05) is 43.5 Å². The van der Waals surface area contributed by atoms with Gasteiger partial charge in [-0.05, 0) is 0 Å². The minimum atomic E-state index is -4.94. The molecule has 7 nitrogen and oxygen atoms in total. The Morgan fingerprint density at radius 3 is 1.73 bits per heavy atom. The summed E-state index contributed by atoms with van der Waals surface area (Å²) < 4.78 is 35.5. The van der Waals surface area contributed by atoms with Crippen molar-refractivity contribution in [1.82, 2.24) is 0 Å². The van der Waals surface area contributed by atoms with Crippen LogP contribution >= 0.6 is 0 Å². The van der Waals surface area contributed by atoms with Crippen LogP contribution in [0.2, 0.25) is 0 Å². The summed E-state index contributed by atoms with van der Waals surface area (Å²) in [5.41, 5.74) is 1.15. The van der Waals surface area contributed by atoms with Gasteiger partial charge in [-0.2, -0.15) is 0 Å². The van der Waals surface area contributed by atoms with Crippen LogP contribution in [0.1, 0.15) is 0 Å². The average Bonchev–Trinajstić information content (AvgIpc) is 2.01. The van der Waals surface area contributed by atoms with Crippen molar-refractivity contribution in [3.63, 3.8) is 0 Å². The third-order valence-corrected chi connectivity index (χ3v) is 1.35. The zero-order chi connectivity index (χ0) is 12.1. The summed E-state index contributed by atoms with van der Waals surface area (Å²) >= 11 is 0. The molecule has 1 heterocycles. The van der Waals surface area contributed by atoms with Crippen LogP contribution in [-0.4, -0.2) is 14.1 Å². The summed E-state index contributed by atoms with van der Waals surface area (Å²) in [5, 5.41) is 0. The fraction of sp³-hybridized carbons (Fsp3) is 0.286. The van der Waals surface area contributed by atoms with Crippen molar-refractivity contribution in [2.45, 2.75) is 0 Å². The first-order chi connectivity index (χ1) is 6.70. The van der Waals surface area contributed by atoms with Gasteiger partial charge in [0.2, 0.25) is 12.4 Å². The van der Waals surface area contributed by atoms with Crippen molar-refractivity contribution in [3.8, 4) is 0 Å². The predicted molar refractivity (Wildman–Crippen MR) is 41.1 cm³/mol. The lowest BCUT2D eigenvalue weighted by Crippen LogP contribution is -2.68. The second-order valence-corrected chi connectivity index (χ2v) is 3.53. The smallest absolute Gasteiger partial charge is 0.201 e. The lowest BCUT2D eigenvalue weighted by Gasteiger charge is -2.17. The number of nitrogen functional groups attached to an aromatic ring is 1. The average molecular weight is 238 g/mol. The van der Waals surface area contributed by atoms with Crippen molar-refractivity contribution in [2.75, 3.05) is 24.8 Å². The standard InChI is InChI=1S/C7H12N3.ClHO4/c1-9(2)7-3-5-10(8)6-4-7;2-1(3,4)5/h3-6H,8H2,1-2H3;(H,2,3,4,5)/q+1;/p-1. The van der Waals surface area contributed by atoms with Crippen LogP contribution in [0.3, 0.4) is 0 Å². The molecule has 0 saturated carbocycles. The molecule has 0 fully saturated rings. The molecule has 0 aliphatic carbocycles. The lowest BCUT2D eigenvalue weighted by molar-refractivity contribution is -2.00. The first kappa shape index (κ1) is 13.9. The molecule has 0 amide bonds. The van der Waals surface area contributed by atoms with Gasteiger partial charge in [0.05, 0.1) is 0 Å². The highest BCUT2D eigenvalue weighted by Crippen LogP contribution is 2.04. The molecule has 1 aromatic rings. The van der Waals surface area contributed by atoms with Crippen molar-refractivity contribution in [1.29, 1.82) is 0 Å². The zero-order valence-corrected chi connectivity index (χ0v) is 9.05. The lowest BCUT2D eigenvalue weighted by atomic mass is 10.4. The molecule has 0 spiro atoms. The minimum absolute atomic E-state index is 1.15. The molecule has 86 valence electrons. The maximum Gasteiger partial charge on any atom is 0.201 e. The van der Waals surface area contributed by atoms with Crippen LogP contribution in [0.25, 0.3) is 0 Å². The highest BCUT2D eigenvalue weighted by atomic mass is 35.7. The summed E-state index contributed by atoms with van der Waals surface area (Å²) in [5.74, 6) is 5.42. The van der Waals surface area contributed by atoms with Gasteiger partial charge in [0, 0.05) is 31.9 Å². The number of nitrogens with two attached hydrogens (primary N) is 1. The minimum Gasteiger partial charge on any atom is -0.377 e. The van der Waals surface area contributed by atoms with Crippen LogP contribution in [0, 0.1) is 10.2 Å². The maximum atomic E-state index is 8.49. The Morgan fingerprint density at radius 2 is 1.47 bits per heavy atom. The largest absolute Gasteiger partial charge is 0.377 e. The fourth-order valence-corrected chi connectivity index (χ4v) is 0.728. The summed E-state index contributed by atoms with van der Waals surface area (Å²) in [6, 6.07) is 3.92. The SMILES string of the molecule is CN(C)c1cc[n+](N)cc1.[O-][Cl+3]([O-])([O-])[O-]. The molecular formula is C7H12ClN3O4. The number of aromatic nitrogens is 1. The molecule has 1 aromatic heterocycles. The molecule has 0 aromatic carbocycles. The van der Waals surface area contributed by atoms with E-state index in [0.29, 0.717) is 0 Å². The summed E-state index contributed by atoms with van der Waals surface area (Å²) in [4.78, 5) is 2.03. The highest BCUT2D eigenvalue weighted by Gasteiger charge is 1.95. The molecule has 0 radical (unpaired) electrons. The Morgan fingerprint density at radius 1 is 1.13 bits per heavy atom. The van der Waals surface area contributed by atoms with Gasteiger partial charge in [-0.25, -0.2) is 24.5 Å². The van der Waals surface area contributed by atoms with Gasteiger partial charge in [0.25, 0.3) is 0 Å². The Labute approximate surface area is 89.3 Å². The number of hydrogen-bond acceptors (Lipinski definition) is 6. The van der Waals surface area contributed by atoms with E-state index in [-0.39, 0.29) is 0 Å². The zero-order valence-electron chi connectivity index (χ0n) is 8.29. The van der Waals surface area contributed by atoms with Gasteiger partial charge in [-0.1, -0.05) is 4.68 Å². The third kappa shape index (κ3) is 9.19. The van der Waals surface area contributed by atoms with Gasteiger partial charge in [0.15, 0.2) is 0 Å². The summed E-state index contributed by atoms with van der Waals surface area (Å²) in [7, 11) is -0.952. The van der Waals surface area contributed by atoms with Crippen LogP contribution < -0.4 is 34.1 Å². The topological polar surface area (TPSA) is 125 Å². The Bertz CT molecular complexity index is 279. The highest BCUT2D eigenvalue weighted by molar-refractivity contribution is 5.41. The molecule has 2 N–H and O–H groups in total. The molecule has 0 saturated heterocycles. The number of rotatable bonds is 1. The van der Waals surface area contributed by atoms with Crippen molar-refractivity contribution < 1.29 is 33.6 Å². The maximum absolute atomic E-state index is 8.49. The van der Waals surface area contributed by atoms with Gasteiger partial charge in [-0.3, -0.25) is 0 Å². The van der Waals surface area contributed by atoms with Crippen molar-refractivity contribution in [3.05, 3.63) is 24.5 Å². The second-order valence-electron chi connectivity index (χ2n) is 2.78. The quantitative estimate of drug-likeness (QED) is 0.385. The van der Waals surface area contributed by atoms with E-state index in [1.165, 1.54) is 4.68 Å². The Hall–Kier alpha value is -1.12. The number of nitrogens with zero attached hydrogens (tertiary/aromatic N) is 2. The van der Waals surface area contributed by atoms with E-state index in [9.17, 15) is 0 Å². The molecule has 8 heteroatoms. The predicted octanol–water partition coefficient (Wildman–Crippen LogP) is -5.00. The van der Waals surface area contributed by atoms with E-state index in [0.717, 1.165) is 5.69 Å². The van der Waals surface area contributed by atoms with E-state index in [2.05, 4.69) is 0 Å². The van der Waals surface area contributed by atoms with E-state index in [4.69, 9.17) is 24.5 Å². The van der Waals surface area contributed by atoms with Gasteiger partial charge in [0.1, 0.15) is 0 Å². The normalized spacial score (nSPS) is 10.3.